The second-order valence-electron chi connectivity index (χ2n) is 5.97. The first-order valence-electron chi connectivity index (χ1n) is 6.91. The summed E-state index contributed by atoms with van der Waals surface area (Å²) in [5.41, 5.74) is 2.75. The average Bonchev–Trinajstić information content (AvgIpc) is 2.71. The van der Waals surface area contributed by atoms with Crippen molar-refractivity contribution >= 4 is 5.65 Å². The Kier molecular flexibility index (Phi) is 3.07. The number of fused-ring (bicyclic) bond motifs is 1. The number of pyridine rings is 1. The molecule has 1 unspecified atom stereocenters. The van der Waals surface area contributed by atoms with Gasteiger partial charge in [0.25, 0.3) is 0 Å². The van der Waals surface area contributed by atoms with Gasteiger partial charge in [0.15, 0.2) is 0 Å². The molecule has 3 rings (SSSR count). The molecule has 0 aliphatic carbocycles. The summed E-state index contributed by atoms with van der Waals surface area (Å²) in [4.78, 5) is 6.99. The summed E-state index contributed by atoms with van der Waals surface area (Å²) < 4.78 is 2.08. The van der Waals surface area contributed by atoms with Crippen molar-refractivity contribution in [1.29, 1.82) is 0 Å². The third kappa shape index (κ3) is 2.65. The van der Waals surface area contributed by atoms with Crippen molar-refractivity contribution in [3.8, 4) is 0 Å². The van der Waals surface area contributed by atoms with Crippen LogP contribution in [0, 0.1) is 6.92 Å². The Labute approximate surface area is 113 Å². The smallest absolute Gasteiger partial charge is 0.139 e. The highest BCUT2D eigenvalue weighted by atomic mass is 16.3. The molecule has 1 aliphatic rings. The third-order valence-electron chi connectivity index (χ3n) is 3.87. The first-order chi connectivity index (χ1) is 9.03. The highest BCUT2D eigenvalue weighted by molar-refractivity contribution is 5.47. The molecule has 1 fully saturated rings. The number of likely N-dealkylation sites (tertiary alicyclic amines) is 1. The Morgan fingerprint density at radius 1 is 1.47 bits per heavy atom. The van der Waals surface area contributed by atoms with Crippen LogP contribution in [-0.4, -0.2) is 38.1 Å². The molecule has 2 aromatic rings. The van der Waals surface area contributed by atoms with E-state index in [9.17, 15) is 5.11 Å². The summed E-state index contributed by atoms with van der Waals surface area (Å²) in [6.07, 6.45) is 6.07. The zero-order valence-corrected chi connectivity index (χ0v) is 11.6. The molecule has 0 saturated carbocycles. The lowest BCUT2D eigenvalue weighted by molar-refractivity contribution is -0.0184. The number of aliphatic hydroxyl groups is 1. The molecule has 102 valence electrons. The van der Waals surface area contributed by atoms with E-state index >= 15 is 0 Å². The Bertz CT molecular complexity index is 588. The minimum atomic E-state index is -0.548. The fourth-order valence-corrected chi connectivity index (χ4v) is 2.97. The largest absolute Gasteiger partial charge is 0.389 e. The number of nitrogens with zero attached hydrogens (tertiary/aromatic N) is 3. The van der Waals surface area contributed by atoms with Gasteiger partial charge in [-0.15, -0.1) is 0 Å². The van der Waals surface area contributed by atoms with Crippen LogP contribution in [0.5, 0.6) is 0 Å². The summed E-state index contributed by atoms with van der Waals surface area (Å²) in [6, 6.07) is 4.12. The molecule has 4 nitrogen and oxygen atoms in total. The van der Waals surface area contributed by atoms with Crippen LogP contribution in [0.2, 0.25) is 0 Å². The van der Waals surface area contributed by atoms with Crippen LogP contribution < -0.4 is 0 Å². The summed E-state index contributed by atoms with van der Waals surface area (Å²) in [5.74, 6) is 0. The van der Waals surface area contributed by atoms with Crippen molar-refractivity contribution in [1.82, 2.24) is 14.3 Å². The Hall–Kier alpha value is -1.39. The Balaban J connectivity index is 1.80. The van der Waals surface area contributed by atoms with E-state index in [0.29, 0.717) is 0 Å². The molecule has 2 aromatic heterocycles. The quantitative estimate of drug-likeness (QED) is 0.896. The van der Waals surface area contributed by atoms with Gasteiger partial charge in [0.2, 0.25) is 0 Å². The number of hydrogen-bond acceptors (Lipinski definition) is 3. The van der Waals surface area contributed by atoms with Crippen molar-refractivity contribution in [3.05, 3.63) is 35.8 Å². The lowest BCUT2D eigenvalue weighted by atomic mass is 9.95. The average molecular weight is 259 g/mol. The molecule has 0 amide bonds. The number of aromatic nitrogens is 2. The van der Waals surface area contributed by atoms with Gasteiger partial charge in [-0.25, -0.2) is 4.98 Å². The van der Waals surface area contributed by atoms with Crippen LogP contribution in [0.1, 0.15) is 31.0 Å². The van der Waals surface area contributed by atoms with Crippen LogP contribution in [0.3, 0.4) is 0 Å². The van der Waals surface area contributed by atoms with Crippen molar-refractivity contribution in [2.45, 2.75) is 38.8 Å². The SMILES string of the molecule is Cc1cccn2cc(CN3CCCC(C)(O)C3)nc12. The molecule has 3 heterocycles. The number of hydrogen-bond donors (Lipinski definition) is 1. The second kappa shape index (κ2) is 4.62. The first kappa shape index (κ1) is 12.6. The lowest BCUT2D eigenvalue weighted by Crippen LogP contribution is -2.45. The molecule has 19 heavy (non-hydrogen) atoms. The van der Waals surface area contributed by atoms with Crippen molar-refractivity contribution in [2.24, 2.45) is 0 Å². The molecule has 1 saturated heterocycles. The molecule has 1 atom stereocenters. The van der Waals surface area contributed by atoms with E-state index in [2.05, 4.69) is 28.5 Å². The highest BCUT2D eigenvalue weighted by Gasteiger charge is 2.28. The summed E-state index contributed by atoms with van der Waals surface area (Å²) >= 11 is 0. The van der Waals surface area contributed by atoms with E-state index in [-0.39, 0.29) is 0 Å². The van der Waals surface area contributed by atoms with Crippen LogP contribution in [0.15, 0.2) is 24.5 Å². The summed E-state index contributed by atoms with van der Waals surface area (Å²) in [5, 5.41) is 10.1. The Morgan fingerprint density at radius 2 is 2.32 bits per heavy atom. The number of imidazole rings is 1. The van der Waals surface area contributed by atoms with Gasteiger partial charge >= 0.3 is 0 Å². The van der Waals surface area contributed by atoms with Gasteiger partial charge < -0.3 is 9.51 Å². The molecule has 1 aliphatic heterocycles. The zero-order valence-electron chi connectivity index (χ0n) is 11.6. The van der Waals surface area contributed by atoms with Crippen LogP contribution >= 0.6 is 0 Å². The maximum atomic E-state index is 10.1. The summed E-state index contributed by atoms with van der Waals surface area (Å²) in [7, 11) is 0. The normalized spacial score (nSPS) is 25.0. The predicted octanol–water partition coefficient (Wildman–Crippen LogP) is 1.99. The van der Waals surface area contributed by atoms with Gasteiger partial charge in [-0.05, 0) is 44.9 Å². The number of rotatable bonds is 2. The second-order valence-corrected chi connectivity index (χ2v) is 5.97. The van der Waals surface area contributed by atoms with Crippen molar-refractivity contribution in [2.75, 3.05) is 13.1 Å². The molecule has 4 heteroatoms. The van der Waals surface area contributed by atoms with Gasteiger partial charge in [-0.3, -0.25) is 4.90 Å². The van der Waals surface area contributed by atoms with E-state index in [0.717, 1.165) is 43.8 Å². The fraction of sp³-hybridized carbons (Fsp3) is 0.533. The fourth-order valence-electron chi connectivity index (χ4n) is 2.97. The monoisotopic (exact) mass is 259 g/mol. The van der Waals surface area contributed by atoms with E-state index in [1.807, 2.05) is 19.2 Å². The van der Waals surface area contributed by atoms with E-state index in [1.165, 1.54) is 5.56 Å². The third-order valence-corrected chi connectivity index (χ3v) is 3.87. The van der Waals surface area contributed by atoms with Gasteiger partial charge in [0.05, 0.1) is 11.3 Å². The molecule has 0 aromatic carbocycles. The zero-order chi connectivity index (χ0) is 13.5. The lowest BCUT2D eigenvalue weighted by Gasteiger charge is -2.36. The summed E-state index contributed by atoms with van der Waals surface area (Å²) in [6.45, 7) is 6.60. The highest BCUT2D eigenvalue weighted by Crippen LogP contribution is 2.22. The standard InChI is InChI=1S/C15H21N3O/c1-12-5-3-8-18-10-13(16-14(12)18)9-17-7-4-6-15(2,19)11-17/h3,5,8,10,19H,4,6-7,9,11H2,1-2H3. The van der Waals surface area contributed by atoms with Gasteiger partial charge in [0, 0.05) is 25.5 Å². The van der Waals surface area contributed by atoms with Crippen molar-refractivity contribution < 1.29 is 5.11 Å². The Morgan fingerprint density at radius 3 is 3.05 bits per heavy atom. The van der Waals surface area contributed by atoms with Crippen LogP contribution in [0.4, 0.5) is 0 Å². The molecule has 0 bridgehead atoms. The first-order valence-corrected chi connectivity index (χ1v) is 6.91. The maximum Gasteiger partial charge on any atom is 0.139 e. The molecule has 0 radical (unpaired) electrons. The molecule has 1 N–H and O–H groups in total. The molecule has 0 spiro atoms. The number of piperidine rings is 1. The molecular weight excluding hydrogens is 238 g/mol. The van der Waals surface area contributed by atoms with E-state index in [4.69, 9.17) is 4.98 Å². The minimum Gasteiger partial charge on any atom is -0.389 e. The van der Waals surface area contributed by atoms with E-state index in [1.54, 1.807) is 0 Å². The maximum absolute atomic E-state index is 10.1. The molecular formula is C15H21N3O. The number of aryl methyl sites for hydroxylation is 1. The van der Waals surface area contributed by atoms with E-state index < -0.39 is 5.60 Å². The van der Waals surface area contributed by atoms with Gasteiger partial charge in [0.1, 0.15) is 5.65 Å². The van der Waals surface area contributed by atoms with Crippen LogP contribution in [0.25, 0.3) is 5.65 Å². The van der Waals surface area contributed by atoms with Gasteiger partial charge in [-0.2, -0.15) is 0 Å². The van der Waals surface area contributed by atoms with Gasteiger partial charge in [-0.1, -0.05) is 6.07 Å². The minimum absolute atomic E-state index is 0.548. The number of β-amino-alcohol motifs (C(OH)–C–C–N with tert-alkyl or cyclic N) is 1. The van der Waals surface area contributed by atoms with Crippen LogP contribution in [-0.2, 0) is 6.54 Å². The van der Waals surface area contributed by atoms with Crippen molar-refractivity contribution in [3.63, 3.8) is 0 Å². The topological polar surface area (TPSA) is 40.8 Å². The predicted molar refractivity (Wildman–Crippen MR) is 75.1 cm³/mol.